The van der Waals surface area contributed by atoms with Crippen LogP contribution in [0.5, 0.6) is 0 Å². The van der Waals surface area contributed by atoms with Crippen LogP contribution in [0.2, 0.25) is 0 Å². The molecule has 0 amide bonds. The monoisotopic (exact) mass is 372 g/mol. The molecule has 2 atom stereocenters. The third kappa shape index (κ3) is 10.5. The van der Waals surface area contributed by atoms with E-state index in [0.717, 1.165) is 38.5 Å². The summed E-state index contributed by atoms with van der Waals surface area (Å²) in [5.41, 5.74) is 0. The lowest BCUT2D eigenvalue weighted by Crippen LogP contribution is -2.38. The van der Waals surface area contributed by atoms with Crippen molar-refractivity contribution in [1.29, 1.82) is 0 Å². The van der Waals surface area contributed by atoms with Gasteiger partial charge in [-0.25, -0.2) is 9.59 Å². The van der Waals surface area contributed by atoms with E-state index in [0.29, 0.717) is 37.9 Å². The largest absolute Gasteiger partial charge is 0.508 e. The van der Waals surface area contributed by atoms with Crippen LogP contribution >= 0.6 is 0 Å². The van der Waals surface area contributed by atoms with Crippen LogP contribution in [0.1, 0.15) is 79.1 Å². The molecule has 0 aromatic carbocycles. The highest BCUT2D eigenvalue weighted by Crippen LogP contribution is 2.25. The first-order valence-electron chi connectivity index (χ1n) is 10.0. The Morgan fingerprint density at radius 1 is 0.769 bits per heavy atom. The summed E-state index contributed by atoms with van der Waals surface area (Å²) in [7, 11) is 0. The van der Waals surface area contributed by atoms with E-state index in [1.54, 1.807) is 0 Å². The molecule has 1 saturated carbocycles. The van der Waals surface area contributed by atoms with Crippen molar-refractivity contribution >= 4 is 12.3 Å². The number of carbonyl (C=O) groups excluding carboxylic acids is 2. The number of carbonyl (C=O) groups is 2. The van der Waals surface area contributed by atoms with E-state index in [9.17, 15) is 9.59 Å². The molecule has 26 heavy (non-hydrogen) atoms. The summed E-state index contributed by atoms with van der Waals surface area (Å²) in [6.07, 6.45) is 4.73. The van der Waals surface area contributed by atoms with Gasteiger partial charge in [-0.3, -0.25) is 0 Å². The smallest absolute Gasteiger partial charge is 0.434 e. The third-order valence-corrected chi connectivity index (χ3v) is 4.45. The maximum absolute atomic E-state index is 11.9. The highest BCUT2D eigenvalue weighted by molar-refractivity contribution is 5.61. The van der Waals surface area contributed by atoms with Gasteiger partial charge < -0.3 is 18.9 Å². The molecule has 6 nitrogen and oxygen atoms in total. The van der Waals surface area contributed by atoms with E-state index in [-0.39, 0.29) is 0 Å². The molecular formula is C20H36O6. The second kappa shape index (κ2) is 12.8. The molecular weight excluding hydrogens is 336 g/mol. The summed E-state index contributed by atoms with van der Waals surface area (Å²) in [6.45, 7) is 9.18. The molecule has 152 valence electrons. The van der Waals surface area contributed by atoms with Crippen molar-refractivity contribution in [2.45, 2.75) is 91.3 Å². The summed E-state index contributed by atoms with van der Waals surface area (Å²) < 4.78 is 21.0. The Kier molecular flexibility index (Phi) is 11.1. The number of unbranched alkanes of at least 4 members (excludes halogenated alkanes) is 1. The Morgan fingerprint density at radius 2 is 1.27 bits per heavy atom. The lowest BCUT2D eigenvalue weighted by Gasteiger charge is -2.29. The molecule has 0 saturated heterocycles. The van der Waals surface area contributed by atoms with Crippen molar-refractivity contribution in [2.75, 3.05) is 13.2 Å². The topological polar surface area (TPSA) is 71.1 Å². The Labute approximate surface area is 157 Å². The summed E-state index contributed by atoms with van der Waals surface area (Å²) >= 11 is 0. The predicted octanol–water partition coefficient (Wildman–Crippen LogP) is 5.48. The zero-order chi connectivity index (χ0) is 19.4. The van der Waals surface area contributed by atoms with Gasteiger partial charge in [-0.2, -0.15) is 0 Å². The van der Waals surface area contributed by atoms with Gasteiger partial charge in [0.25, 0.3) is 0 Å². The van der Waals surface area contributed by atoms with Gasteiger partial charge in [0.05, 0.1) is 13.2 Å². The fraction of sp³-hybridized carbons (Fsp3) is 0.900. The number of rotatable bonds is 10. The molecule has 0 bridgehead atoms. The zero-order valence-corrected chi connectivity index (χ0v) is 16.8. The van der Waals surface area contributed by atoms with Crippen LogP contribution in [-0.2, 0) is 18.9 Å². The number of ether oxygens (including phenoxy) is 4. The molecule has 0 N–H and O–H groups in total. The average molecular weight is 373 g/mol. The highest BCUT2D eigenvalue weighted by Gasteiger charge is 2.32. The molecule has 0 radical (unpaired) electrons. The van der Waals surface area contributed by atoms with E-state index in [4.69, 9.17) is 18.9 Å². The van der Waals surface area contributed by atoms with E-state index in [2.05, 4.69) is 27.7 Å². The molecule has 1 aliphatic rings. The van der Waals surface area contributed by atoms with Crippen molar-refractivity contribution in [2.24, 2.45) is 11.8 Å². The molecule has 6 heteroatoms. The van der Waals surface area contributed by atoms with Crippen molar-refractivity contribution < 1.29 is 28.5 Å². The van der Waals surface area contributed by atoms with Crippen LogP contribution in [0.4, 0.5) is 9.59 Å². The molecule has 0 heterocycles. The summed E-state index contributed by atoms with van der Waals surface area (Å²) in [5.74, 6) is 1.12. The van der Waals surface area contributed by atoms with Crippen LogP contribution in [0.25, 0.3) is 0 Å². The van der Waals surface area contributed by atoms with Gasteiger partial charge in [-0.15, -0.1) is 0 Å². The summed E-state index contributed by atoms with van der Waals surface area (Å²) in [4.78, 5) is 23.7. The molecule has 2 unspecified atom stereocenters. The Hall–Kier alpha value is -1.46. The van der Waals surface area contributed by atoms with Crippen LogP contribution < -0.4 is 0 Å². The summed E-state index contributed by atoms with van der Waals surface area (Å²) in [6, 6.07) is 0. The predicted molar refractivity (Wildman–Crippen MR) is 99.1 cm³/mol. The summed E-state index contributed by atoms with van der Waals surface area (Å²) in [5, 5.41) is 0. The fourth-order valence-corrected chi connectivity index (χ4v) is 2.84. The Morgan fingerprint density at radius 3 is 1.77 bits per heavy atom. The fourth-order valence-electron chi connectivity index (χ4n) is 2.84. The molecule has 1 aliphatic carbocycles. The van der Waals surface area contributed by atoms with Gasteiger partial charge in [0.15, 0.2) is 0 Å². The molecule has 0 spiro atoms. The Balaban J connectivity index is 2.29. The van der Waals surface area contributed by atoms with Crippen molar-refractivity contribution in [3.8, 4) is 0 Å². The first-order valence-corrected chi connectivity index (χ1v) is 10.0. The first kappa shape index (κ1) is 22.6. The van der Waals surface area contributed by atoms with Gasteiger partial charge >= 0.3 is 12.3 Å². The average Bonchev–Trinajstić information content (AvgIpc) is 2.55. The lowest BCUT2D eigenvalue weighted by molar-refractivity contribution is -0.0715. The van der Waals surface area contributed by atoms with E-state index >= 15 is 0 Å². The maximum atomic E-state index is 11.9. The normalized spacial score (nSPS) is 20.1. The van der Waals surface area contributed by atoms with Crippen molar-refractivity contribution in [3.05, 3.63) is 0 Å². The molecule has 1 fully saturated rings. The van der Waals surface area contributed by atoms with E-state index in [1.807, 2.05) is 0 Å². The maximum Gasteiger partial charge on any atom is 0.508 e. The molecule has 0 aliphatic heterocycles. The van der Waals surface area contributed by atoms with Gasteiger partial charge in [0.2, 0.25) is 0 Å². The quantitative estimate of drug-likeness (QED) is 0.374. The minimum absolute atomic E-state index is 0.340. The van der Waals surface area contributed by atoms with Crippen LogP contribution in [-0.4, -0.2) is 37.7 Å². The van der Waals surface area contributed by atoms with Gasteiger partial charge in [0.1, 0.15) is 12.2 Å². The van der Waals surface area contributed by atoms with Gasteiger partial charge in [0, 0.05) is 0 Å². The lowest BCUT2D eigenvalue weighted by atomic mass is 9.95. The van der Waals surface area contributed by atoms with Gasteiger partial charge in [-0.05, 0) is 56.8 Å². The van der Waals surface area contributed by atoms with Crippen LogP contribution in [0, 0.1) is 11.8 Å². The highest BCUT2D eigenvalue weighted by atomic mass is 16.8. The Bertz CT molecular complexity index is 407. The second-order valence-electron chi connectivity index (χ2n) is 7.87. The second-order valence-corrected chi connectivity index (χ2v) is 7.87. The van der Waals surface area contributed by atoms with E-state index < -0.39 is 24.5 Å². The van der Waals surface area contributed by atoms with Gasteiger partial charge in [-0.1, -0.05) is 34.1 Å². The van der Waals surface area contributed by atoms with Crippen molar-refractivity contribution in [3.63, 3.8) is 0 Å². The number of hydrogen-bond acceptors (Lipinski definition) is 6. The SMILES string of the molecule is CC(C)CCCCOC(=O)OC1CCCCC1OC(=O)OCCC(C)C. The number of hydrogen-bond donors (Lipinski definition) is 0. The van der Waals surface area contributed by atoms with E-state index in [1.165, 1.54) is 0 Å². The third-order valence-electron chi connectivity index (χ3n) is 4.45. The van der Waals surface area contributed by atoms with Crippen molar-refractivity contribution in [1.82, 2.24) is 0 Å². The molecule has 1 rings (SSSR count). The standard InChI is InChI=1S/C20H36O6/c1-15(2)9-7-8-13-23-19(21)25-17-10-5-6-11-18(17)26-20(22)24-14-12-16(3)4/h15-18H,5-14H2,1-4H3. The molecule has 0 aromatic rings. The minimum Gasteiger partial charge on any atom is -0.434 e. The van der Waals surface area contributed by atoms with Crippen LogP contribution in [0.3, 0.4) is 0 Å². The molecule has 0 aromatic heterocycles. The first-order chi connectivity index (χ1) is 12.4. The zero-order valence-electron chi connectivity index (χ0n) is 16.8. The van der Waals surface area contributed by atoms with Crippen LogP contribution in [0.15, 0.2) is 0 Å². The minimum atomic E-state index is -0.687.